The zero-order valence-corrected chi connectivity index (χ0v) is 10.0. The summed E-state index contributed by atoms with van der Waals surface area (Å²) in [6, 6.07) is 8.47. The van der Waals surface area contributed by atoms with Crippen LogP contribution in [0.1, 0.15) is 5.56 Å². The molecule has 2 aromatic rings. The fourth-order valence-corrected chi connectivity index (χ4v) is 1.68. The number of halogens is 3. The van der Waals surface area contributed by atoms with Gasteiger partial charge in [-0.05, 0) is 35.9 Å². The van der Waals surface area contributed by atoms with Crippen LogP contribution in [0.25, 0.3) is 0 Å². The van der Waals surface area contributed by atoms with Gasteiger partial charge >= 0.3 is 0 Å². The van der Waals surface area contributed by atoms with Gasteiger partial charge in [0.1, 0.15) is 12.4 Å². The molecule has 2 rings (SSSR count). The molecule has 0 fully saturated rings. The summed E-state index contributed by atoms with van der Waals surface area (Å²) < 4.78 is 31.8. The largest absolute Gasteiger partial charge is 0.486 e. The van der Waals surface area contributed by atoms with Crippen LogP contribution in [-0.4, -0.2) is 0 Å². The molecule has 0 radical (unpaired) electrons. The lowest BCUT2D eigenvalue weighted by Gasteiger charge is -2.08. The molecule has 0 heterocycles. The molecule has 18 heavy (non-hydrogen) atoms. The summed E-state index contributed by atoms with van der Waals surface area (Å²) in [5.41, 5.74) is 6.30. The molecule has 0 unspecified atom stereocenters. The Labute approximate surface area is 108 Å². The standard InChI is InChI=1S/C13H10ClF2NO/c14-11-2-1-3-12(13(11)16)18-7-8-4-9(15)6-10(17)5-8/h1-6H,7,17H2. The van der Waals surface area contributed by atoms with E-state index in [1.807, 2.05) is 0 Å². The molecule has 2 nitrogen and oxygen atoms in total. The summed E-state index contributed by atoms with van der Waals surface area (Å²) in [4.78, 5) is 0. The molecular formula is C13H10ClF2NO. The molecule has 94 valence electrons. The zero-order chi connectivity index (χ0) is 13.1. The minimum Gasteiger partial charge on any atom is -0.486 e. The van der Waals surface area contributed by atoms with E-state index in [9.17, 15) is 8.78 Å². The molecular weight excluding hydrogens is 260 g/mol. The summed E-state index contributed by atoms with van der Waals surface area (Å²) in [6.45, 7) is 0.0131. The minimum absolute atomic E-state index is 0.0131. The Balaban J connectivity index is 2.14. The van der Waals surface area contributed by atoms with Gasteiger partial charge in [-0.2, -0.15) is 0 Å². The third kappa shape index (κ3) is 2.90. The highest BCUT2D eigenvalue weighted by molar-refractivity contribution is 6.30. The van der Waals surface area contributed by atoms with Crippen molar-refractivity contribution in [3.8, 4) is 5.75 Å². The van der Waals surface area contributed by atoms with Crippen LogP contribution in [0.5, 0.6) is 5.75 Å². The molecule has 2 aromatic carbocycles. The number of ether oxygens (including phenoxy) is 1. The summed E-state index contributed by atoms with van der Waals surface area (Å²) >= 11 is 5.61. The third-order valence-electron chi connectivity index (χ3n) is 2.29. The molecule has 2 N–H and O–H groups in total. The lowest BCUT2D eigenvalue weighted by molar-refractivity contribution is 0.290. The lowest BCUT2D eigenvalue weighted by Crippen LogP contribution is -1.99. The van der Waals surface area contributed by atoms with Gasteiger partial charge in [0.25, 0.3) is 0 Å². The summed E-state index contributed by atoms with van der Waals surface area (Å²) in [6.07, 6.45) is 0. The van der Waals surface area contributed by atoms with Crippen molar-refractivity contribution in [1.82, 2.24) is 0 Å². The normalized spacial score (nSPS) is 10.4. The van der Waals surface area contributed by atoms with Crippen molar-refractivity contribution < 1.29 is 13.5 Å². The summed E-state index contributed by atoms with van der Waals surface area (Å²) in [5.74, 6) is -1.07. The molecule has 0 aliphatic rings. The highest BCUT2D eigenvalue weighted by Crippen LogP contribution is 2.25. The van der Waals surface area contributed by atoms with E-state index in [0.717, 1.165) is 0 Å². The number of nitrogens with two attached hydrogens (primary N) is 1. The van der Waals surface area contributed by atoms with Crippen LogP contribution in [0.4, 0.5) is 14.5 Å². The van der Waals surface area contributed by atoms with Gasteiger partial charge in [0.2, 0.25) is 0 Å². The Bertz CT molecular complexity index is 555. The predicted octanol–water partition coefficient (Wildman–Crippen LogP) is 3.78. The first-order valence-corrected chi connectivity index (χ1v) is 5.56. The van der Waals surface area contributed by atoms with Crippen LogP contribution < -0.4 is 10.5 Å². The first-order valence-electron chi connectivity index (χ1n) is 5.18. The second kappa shape index (κ2) is 5.23. The molecule has 0 saturated carbocycles. The summed E-state index contributed by atoms with van der Waals surface area (Å²) in [5, 5.41) is -0.0220. The topological polar surface area (TPSA) is 35.2 Å². The molecule has 0 aliphatic heterocycles. The van der Waals surface area contributed by atoms with E-state index in [1.54, 1.807) is 12.1 Å². The number of anilines is 1. The maximum Gasteiger partial charge on any atom is 0.183 e. The van der Waals surface area contributed by atoms with Gasteiger partial charge in [-0.3, -0.25) is 0 Å². The fraction of sp³-hybridized carbons (Fsp3) is 0.0769. The molecule has 0 bridgehead atoms. The molecule has 0 saturated heterocycles. The van der Waals surface area contributed by atoms with Crippen molar-refractivity contribution in [3.05, 3.63) is 58.6 Å². The maximum atomic E-state index is 13.5. The highest BCUT2D eigenvalue weighted by atomic mass is 35.5. The zero-order valence-electron chi connectivity index (χ0n) is 9.29. The van der Waals surface area contributed by atoms with Crippen molar-refractivity contribution in [2.75, 3.05) is 5.73 Å². The molecule has 0 atom stereocenters. The van der Waals surface area contributed by atoms with Gasteiger partial charge in [0.15, 0.2) is 11.6 Å². The van der Waals surface area contributed by atoms with Crippen LogP contribution in [0, 0.1) is 11.6 Å². The first kappa shape index (κ1) is 12.6. The van der Waals surface area contributed by atoms with Crippen molar-refractivity contribution >= 4 is 17.3 Å². The molecule has 0 aromatic heterocycles. The SMILES string of the molecule is Nc1cc(F)cc(COc2cccc(Cl)c2F)c1. The van der Waals surface area contributed by atoms with Crippen molar-refractivity contribution in [3.63, 3.8) is 0 Å². The Hall–Kier alpha value is -1.81. The second-order valence-electron chi connectivity index (χ2n) is 3.73. The predicted molar refractivity (Wildman–Crippen MR) is 66.6 cm³/mol. The van der Waals surface area contributed by atoms with Crippen LogP contribution >= 0.6 is 11.6 Å². The van der Waals surface area contributed by atoms with Crippen LogP contribution in [0.3, 0.4) is 0 Å². The van der Waals surface area contributed by atoms with E-state index in [2.05, 4.69) is 0 Å². The third-order valence-corrected chi connectivity index (χ3v) is 2.58. The van der Waals surface area contributed by atoms with Crippen molar-refractivity contribution in [2.45, 2.75) is 6.61 Å². The number of hydrogen-bond donors (Lipinski definition) is 1. The van der Waals surface area contributed by atoms with E-state index in [1.165, 1.54) is 24.3 Å². The average Bonchev–Trinajstić information content (AvgIpc) is 2.30. The Morgan fingerprint density at radius 3 is 2.67 bits per heavy atom. The van der Waals surface area contributed by atoms with E-state index < -0.39 is 11.6 Å². The lowest BCUT2D eigenvalue weighted by atomic mass is 10.2. The summed E-state index contributed by atoms with van der Waals surface area (Å²) in [7, 11) is 0. The van der Waals surface area contributed by atoms with Gasteiger partial charge in [-0.25, -0.2) is 8.78 Å². The quantitative estimate of drug-likeness (QED) is 0.861. The van der Waals surface area contributed by atoms with Crippen LogP contribution in [-0.2, 0) is 6.61 Å². The van der Waals surface area contributed by atoms with Gasteiger partial charge in [0, 0.05) is 5.69 Å². The van der Waals surface area contributed by atoms with E-state index >= 15 is 0 Å². The van der Waals surface area contributed by atoms with Crippen LogP contribution in [0.15, 0.2) is 36.4 Å². The van der Waals surface area contributed by atoms with Gasteiger partial charge in [-0.15, -0.1) is 0 Å². The maximum absolute atomic E-state index is 13.5. The van der Waals surface area contributed by atoms with Gasteiger partial charge in [0.05, 0.1) is 5.02 Å². The number of nitrogen functional groups attached to an aromatic ring is 1. The van der Waals surface area contributed by atoms with E-state index in [4.69, 9.17) is 22.1 Å². The number of hydrogen-bond acceptors (Lipinski definition) is 2. The molecule has 0 amide bonds. The number of benzene rings is 2. The molecule has 0 spiro atoms. The average molecular weight is 270 g/mol. The fourth-order valence-electron chi connectivity index (χ4n) is 1.52. The Morgan fingerprint density at radius 2 is 1.94 bits per heavy atom. The highest BCUT2D eigenvalue weighted by Gasteiger charge is 2.07. The van der Waals surface area contributed by atoms with Crippen molar-refractivity contribution in [2.24, 2.45) is 0 Å². The first-order chi connectivity index (χ1) is 8.56. The van der Waals surface area contributed by atoms with Crippen LogP contribution in [0.2, 0.25) is 5.02 Å². The second-order valence-corrected chi connectivity index (χ2v) is 4.14. The molecule has 5 heteroatoms. The van der Waals surface area contributed by atoms with Gasteiger partial charge < -0.3 is 10.5 Å². The molecule has 0 aliphatic carbocycles. The van der Waals surface area contributed by atoms with Crippen molar-refractivity contribution in [1.29, 1.82) is 0 Å². The minimum atomic E-state index is -0.636. The smallest absolute Gasteiger partial charge is 0.183 e. The number of rotatable bonds is 3. The van der Waals surface area contributed by atoms with Gasteiger partial charge in [-0.1, -0.05) is 17.7 Å². The van der Waals surface area contributed by atoms with E-state index in [-0.39, 0.29) is 17.4 Å². The monoisotopic (exact) mass is 269 g/mol. The van der Waals surface area contributed by atoms with E-state index in [0.29, 0.717) is 11.3 Å². The Morgan fingerprint density at radius 1 is 1.17 bits per heavy atom. The Kier molecular flexibility index (Phi) is 3.67.